The highest BCUT2D eigenvalue weighted by Gasteiger charge is 2.39. The average molecular weight is 505 g/mol. The Labute approximate surface area is 214 Å². The molecule has 1 aromatic heterocycles. The molecule has 0 aliphatic carbocycles. The van der Waals surface area contributed by atoms with Crippen molar-refractivity contribution < 1.29 is 32.8 Å². The summed E-state index contributed by atoms with van der Waals surface area (Å²) in [5.74, 6) is 1.49. The van der Waals surface area contributed by atoms with Crippen LogP contribution in [0.25, 0.3) is 22.1 Å². The first-order chi connectivity index (χ1) is 17.7. The second-order valence-corrected chi connectivity index (χ2v) is 9.17. The molecule has 4 aromatic rings. The first kappa shape index (κ1) is 24.4. The Hall–Kier alpha value is -4.33. The van der Waals surface area contributed by atoms with Crippen LogP contribution in [0.15, 0.2) is 57.9 Å². The number of hydrogen-bond donors (Lipinski definition) is 0. The smallest absolute Gasteiger partial charge is 0.246 e. The summed E-state index contributed by atoms with van der Waals surface area (Å²) in [5, 5.41) is 0.330. The van der Waals surface area contributed by atoms with E-state index < -0.39 is 5.79 Å². The van der Waals surface area contributed by atoms with E-state index in [-0.39, 0.29) is 11.0 Å². The molecule has 192 valence electrons. The van der Waals surface area contributed by atoms with Crippen molar-refractivity contribution >= 4 is 11.0 Å². The molecule has 1 aliphatic heterocycles. The molecule has 2 heterocycles. The number of rotatable bonds is 7. The second-order valence-electron chi connectivity index (χ2n) is 9.17. The molecule has 0 saturated heterocycles. The Morgan fingerprint density at radius 1 is 0.811 bits per heavy atom. The first-order valence-electron chi connectivity index (χ1n) is 11.7. The summed E-state index contributed by atoms with van der Waals surface area (Å²) in [5.41, 5.74) is 2.97. The van der Waals surface area contributed by atoms with E-state index in [4.69, 9.17) is 32.8 Å². The summed E-state index contributed by atoms with van der Waals surface area (Å²) in [7, 11) is 4.57. The highest BCUT2D eigenvalue weighted by atomic mass is 16.7. The molecule has 0 N–H and O–H groups in total. The average Bonchev–Trinajstić information content (AvgIpc) is 3.22. The van der Waals surface area contributed by atoms with E-state index in [1.54, 1.807) is 32.0 Å². The van der Waals surface area contributed by atoms with Crippen molar-refractivity contribution in [1.29, 1.82) is 0 Å². The molecular formula is C29H28O8. The van der Waals surface area contributed by atoms with Gasteiger partial charge in [-0.1, -0.05) is 29.8 Å². The molecule has 8 nitrogen and oxygen atoms in total. The van der Waals surface area contributed by atoms with Gasteiger partial charge in [0.05, 0.1) is 32.3 Å². The fourth-order valence-corrected chi connectivity index (χ4v) is 4.30. The van der Waals surface area contributed by atoms with Crippen LogP contribution in [-0.2, 0) is 6.61 Å². The molecule has 0 atom stereocenters. The van der Waals surface area contributed by atoms with Crippen molar-refractivity contribution in [3.8, 4) is 45.6 Å². The molecule has 3 aromatic carbocycles. The first-order valence-corrected chi connectivity index (χ1v) is 11.7. The topological polar surface area (TPSA) is 85.6 Å². The summed E-state index contributed by atoms with van der Waals surface area (Å²) in [4.78, 5) is 13.8. The molecule has 0 amide bonds. The zero-order valence-corrected chi connectivity index (χ0v) is 21.6. The molecule has 8 heteroatoms. The zero-order chi connectivity index (χ0) is 26.3. The minimum Gasteiger partial charge on any atom is -0.493 e. The molecule has 0 fully saturated rings. The van der Waals surface area contributed by atoms with Crippen molar-refractivity contribution in [2.45, 2.75) is 33.2 Å². The maximum atomic E-state index is 13.8. The Morgan fingerprint density at radius 3 is 2.19 bits per heavy atom. The van der Waals surface area contributed by atoms with E-state index in [1.165, 1.54) is 27.6 Å². The van der Waals surface area contributed by atoms with Crippen molar-refractivity contribution in [2.75, 3.05) is 21.3 Å². The maximum absolute atomic E-state index is 13.8. The van der Waals surface area contributed by atoms with Gasteiger partial charge in [-0.15, -0.1) is 0 Å². The third-order valence-electron chi connectivity index (χ3n) is 6.14. The van der Waals surface area contributed by atoms with Gasteiger partial charge in [-0.3, -0.25) is 4.79 Å². The SMILES string of the molecule is COc1cc2occ(-c3cc(OC)c4c(c3OC)OC(C)(C)O4)c(=O)c2cc1OCc1ccc(C)cc1. The Kier molecular flexibility index (Phi) is 6.11. The fourth-order valence-electron chi connectivity index (χ4n) is 4.30. The van der Waals surface area contributed by atoms with Gasteiger partial charge < -0.3 is 32.8 Å². The lowest BCUT2D eigenvalue weighted by Gasteiger charge is -2.16. The molecule has 0 saturated carbocycles. The van der Waals surface area contributed by atoms with Crippen LogP contribution in [0.2, 0.25) is 0 Å². The number of methoxy groups -OCH3 is 3. The summed E-state index contributed by atoms with van der Waals surface area (Å²) >= 11 is 0. The summed E-state index contributed by atoms with van der Waals surface area (Å²) in [6.07, 6.45) is 1.39. The second kappa shape index (κ2) is 9.28. The number of ether oxygens (including phenoxy) is 6. The molecule has 0 spiro atoms. The van der Waals surface area contributed by atoms with Gasteiger partial charge in [-0.25, -0.2) is 0 Å². The van der Waals surface area contributed by atoms with E-state index in [9.17, 15) is 4.79 Å². The highest BCUT2D eigenvalue weighted by Crippen LogP contribution is 2.55. The van der Waals surface area contributed by atoms with E-state index in [0.717, 1.165) is 11.1 Å². The summed E-state index contributed by atoms with van der Waals surface area (Å²) in [6.45, 7) is 5.90. The third-order valence-corrected chi connectivity index (χ3v) is 6.14. The van der Waals surface area contributed by atoms with Gasteiger partial charge in [0.2, 0.25) is 22.7 Å². The third kappa shape index (κ3) is 4.39. The minimum absolute atomic E-state index is 0.272. The summed E-state index contributed by atoms with van der Waals surface area (Å²) < 4.78 is 40.5. The summed E-state index contributed by atoms with van der Waals surface area (Å²) in [6, 6.07) is 13.0. The fraction of sp³-hybridized carbons (Fsp3) is 0.276. The van der Waals surface area contributed by atoms with E-state index in [1.807, 2.05) is 31.2 Å². The van der Waals surface area contributed by atoms with Crippen molar-refractivity contribution in [1.82, 2.24) is 0 Å². The molecule has 0 unspecified atom stereocenters. The number of fused-ring (bicyclic) bond motifs is 2. The quantitative estimate of drug-likeness (QED) is 0.308. The van der Waals surface area contributed by atoms with Gasteiger partial charge in [0.25, 0.3) is 0 Å². The van der Waals surface area contributed by atoms with E-state index >= 15 is 0 Å². The lowest BCUT2D eigenvalue weighted by molar-refractivity contribution is -0.0447. The Balaban J connectivity index is 1.61. The Morgan fingerprint density at radius 2 is 1.51 bits per heavy atom. The van der Waals surface area contributed by atoms with Gasteiger partial charge in [0.15, 0.2) is 23.0 Å². The number of aryl methyl sites for hydroxylation is 1. The molecule has 0 bridgehead atoms. The van der Waals surface area contributed by atoms with Gasteiger partial charge in [0.1, 0.15) is 18.5 Å². The van der Waals surface area contributed by atoms with Crippen molar-refractivity contribution in [2.24, 2.45) is 0 Å². The van der Waals surface area contributed by atoms with E-state index in [0.29, 0.717) is 57.6 Å². The lowest BCUT2D eigenvalue weighted by atomic mass is 10.0. The number of hydrogen-bond acceptors (Lipinski definition) is 8. The van der Waals surface area contributed by atoms with Crippen LogP contribution in [-0.4, -0.2) is 27.1 Å². The van der Waals surface area contributed by atoms with Gasteiger partial charge in [-0.2, -0.15) is 0 Å². The van der Waals surface area contributed by atoms with Crippen LogP contribution in [0.4, 0.5) is 0 Å². The maximum Gasteiger partial charge on any atom is 0.246 e. The van der Waals surface area contributed by atoms with Gasteiger partial charge in [-0.05, 0) is 24.6 Å². The van der Waals surface area contributed by atoms with Gasteiger partial charge >= 0.3 is 0 Å². The lowest BCUT2D eigenvalue weighted by Crippen LogP contribution is -2.29. The highest BCUT2D eigenvalue weighted by molar-refractivity contribution is 5.87. The predicted octanol–water partition coefficient (Wildman–Crippen LogP) is 5.88. The van der Waals surface area contributed by atoms with Crippen LogP contribution in [0.3, 0.4) is 0 Å². The Bertz CT molecular complexity index is 1530. The van der Waals surface area contributed by atoms with Gasteiger partial charge in [0, 0.05) is 25.5 Å². The largest absolute Gasteiger partial charge is 0.493 e. The van der Waals surface area contributed by atoms with Crippen LogP contribution in [0.1, 0.15) is 25.0 Å². The molecule has 37 heavy (non-hydrogen) atoms. The van der Waals surface area contributed by atoms with Crippen LogP contribution >= 0.6 is 0 Å². The van der Waals surface area contributed by atoms with Crippen molar-refractivity contribution in [3.63, 3.8) is 0 Å². The normalized spacial score (nSPS) is 13.5. The molecular weight excluding hydrogens is 476 g/mol. The molecule has 5 rings (SSSR count). The van der Waals surface area contributed by atoms with Crippen LogP contribution < -0.4 is 33.8 Å². The van der Waals surface area contributed by atoms with Crippen LogP contribution in [0.5, 0.6) is 34.5 Å². The van der Waals surface area contributed by atoms with E-state index in [2.05, 4.69) is 0 Å². The zero-order valence-electron chi connectivity index (χ0n) is 21.6. The monoisotopic (exact) mass is 504 g/mol. The predicted molar refractivity (Wildman–Crippen MR) is 138 cm³/mol. The number of benzene rings is 3. The molecule has 1 aliphatic rings. The molecule has 0 radical (unpaired) electrons. The standard InChI is InChI=1S/C29H28O8/c1-16-7-9-17(10-8-16)14-34-23-12-19-21(13-22(23)31-4)35-15-20(25(19)30)18-11-24(32-5)27-28(26(18)33-6)37-29(2,3)36-27/h7-13,15H,14H2,1-6H3. The van der Waals surface area contributed by atoms with Crippen molar-refractivity contribution in [3.05, 3.63) is 70.1 Å². The minimum atomic E-state index is -0.921. The van der Waals surface area contributed by atoms with Crippen LogP contribution in [0, 0.1) is 6.92 Å².